The molecule has 0 bridgehead atoms. The molecule has 6 heteroatoms. The number of anilines is 2. The molecule has 0 aromatic carbocycles. The van der Waals surface area contributed by atoms with Crippen LogP contribution < -0.4 is 11.1 Å². The smallest absolute Gasteiger partial charge is 0.136 e. The lowest BCUT2D eigenvalue weighted by molar-refractivity contribution is 0.909. The van der Waals surface area contributed by atoms with Gasteiger partial charge in [0.15, 0.2) is 0 Å². The first-order valence-corrected chi connectivity index (χ1v) is 7.38. The molecule has 1 saturated carbocycles. The third-order valence-electron chi connectivity index (χ3n) is 3.26. The molecule has 0 aliphatic heterocycles. The Morgan fingerprint density at radius 3 is 2.95 bits per heavy atom. The van der Waals surface area contributed by atoms with Crippen molar-refractivity contribution < 1.29 is 0 Å². The Hall–Kier alpha value is -1.69. The third kappa shape index (κ3) is 2.84. The first kappa shape index (κ1) is 12.3. The summed E-state index contributed by atoms with van der Waals surface area (Å²) in [5.41, 5.74) is 6.89. The highest BCUT2D eigenvalue weighted by molar-refractivity contribution is 7.09. The zero-order valence-electron chi connectivity index (χ0n) is 10.9. The standard InChI is InChI=1S/C13H17N5S/c1-8-11(14)17-13(9-2-3-9)18-12(8)16-5-4-10-15-6-7-19-10/h6-7,9H,2-5H2,1H3,(H3,14,16,17,18). The van der Waals surface area contributed by atoms with Crippen LogP contribution in [-0.2, 0) is 6.42 Å². The summed E-state index contributed by atoms with van der Waals surface area (Å²) in [5, 5.41) is 6.48. The Morgan fingerprint density at radius 1 is 1.42 bits per heavy atom. The molecule has 1 aliphatic rings. The normalized spacial score (nSPS) is 14.6. The maximum atomic E-state index is 5.95. The quantitative estimate of drug-likeness (QED) is 0.876. The van der Waals surface area contributed by atoms with Crippen LogP contribution in [-0.4, -0.2) is 21.5 Å². The largest absolute Gasteiger partial charge is 0.383 e. The van der Waals surface area contributed by atoms with Crippen molar-refractivity contribution in [2.75, 3.05) is 17.6 Å². The van der Waals surface area contributed by atoms with Gasteiger partial charge < -0.3 is 11.1 Å². The average Bonchev–Trinajstić information content (AvgIpc) is 3.12. The van der Waals surface area contributed by atoms with E-state index in [1.54, 1.807) is 11.3 Å². The van der Waals surface area contributed by atoms with Gasteiger partial charge in [0.1, 0.15) is 17.5 Å². The molecule has 5 nitrogen and oxygen atoms in total. The summed E-state index contributed by atoms with van der Waals surface area (Å²) in [6, 6.07) is 0. The summed E-state index contributed by atoms with van der Waals surface area (Å²) in [5.74, 6) is 2.86. The van der Waals surface area contributed by atoms with Crippen LogP contribution in [0.2, 0.25) is 0 Å². The van der Waals surface area contributed by atoms with Gasteiger partial charge in [-0.05, 0) is 19.8 Å². The number of nitrogens with zero attached hydrogens (tertiary/aromatic N) is 3. The molecule has 2 aromatic heterocycles. The first-order valence-electron chi connectivity index (χ1n) is 6.50. The van der Waals surface area contributed by atoms with Gasteiger partial charge in [0.25, 0.3) is 0 Å². The molecule has 0 saturated heterocycles. The molecule has 3 rings (SSSR count). The Balaban J connectivity index is 1.69. The fourth-order valence-electron chi connectivity index (χ4n) is 1.91. The van der Waals surface area contributed by atoms with Gasteiger partial charge in [-0.3, -0.25) is 0 Å². The SMILES string of the molecule is Cc1c(N)nc(C2CC2)nc1NCCc1nccs1. The van der Waals surface area contributed by atoms with Crippen LogP contribution in [0, 0.1) is 6.92 Å². The van der Waals surface area contributed by atoms with E-state index in [0.717, 1.165) is 35.2 Å². The molecule has 3 N–H and O–H groups in total. The van der Waals surface area contributed by atoms with Crippen LogP contribution in [0.3, 0.4) is 0 Å². The van der Waals surface area contributed by atoms with Crippen LogP contribution in [0.1, 0.15) is 35.2 Å². The third-order valence-corrected chi connectivity index (χ3v) is 4.10. The second kappa shape index (κ2) is 5.13. The number of hydrogen-bond donors (Lipinski definition) is 2. The van der Waals surface area contributed by atoms with Crippen molar-refractivity contribution in [3.05, 3.63) is 28.0 Å². The lowest BCUT2D eigenvalue weighted by atomic mass is 10.2. The summed E-state index contributed by atoms with van der Waals surface area (Å²) < 4.78 is 0. The van der Waals surface area contributed by atoms with E-state index < -0.39 is 0 Å². The second-order valence-electron chi connectivity index (χ2n) is 4.82. The Labute approximate surface area is 116 Å². The topological polar surface area (TPSA) is 76.7 Å². The van der Waals surface area contributed by atoms with Gasteiger partial charge in [-0.1, -0.05) is 0 Å². The maximum absolute atomic E-state index is 5.95. The minimum atomic E-state index is 0.516. The summed E-state index contributed by atoms with van der Waals surface area (Å²) in [7, 11) is 0. The van der Waals surface area contributed by atoms with Crippen LogP contribution >= 0.6 is 11.3 Å². The zero-order valence-corrected chi connectivity index (χ0v) is 11.7. The summed E-state index contributed by atoms with van der Waals surface area (Å²) in [4.78, 5) is 13.2. The van der Waals surface area contributed by atoms with E-state index in [1.807, 2.05) is 18.5 Å². The molecule has 100 valence electrons. The van der Waals surface area contributed by atoms with Crippen LogP contribution in [0.5, 0.6) is 0 Å². The molecule has 0 radical (unpaired) electrons. The van der Waals surface area contributed by atoms with Crippen molar-refractivity contribution in [2.24, 2.45) is 0 Å². The van der Waals surface area contributed by atoms with Crippen LogP contribution in [0.15, 0.2) is 11.6 Å². The maximum Gasteiger partial charge on any atom is 0.136 e. The molecule has 0 atom stereocenters. The van der Waals surface area contributed by atoms with Crippen molar-refractivity contribution in [1.82, 2.24) is 15.0 Å². The zero-order chi connectivity index (χ0) is 13.2. The summed E-state index contributed by atoms with van der Waals surface area (Å²) in [6.45, 7) is 2.77. The highest BCUT2D eigenvalue weighted by Crippen LogP contribution is 2.39. The number of nitrogens with two attached hydrogens (primary N) is 1. The average molecular weight is 275 g/mol. The van der Waals surface area contributed by atoms with E-state index in [4.69, 9.17) is 5.73 Å². The van der Waals surface area contributed by atoms with Crippen molar-refractivity contribution in [3.8, 4) is 0 Å². The van der Waals surface area contributed by atoms with E-state index in [-0.39, 0.29) is 0 Å². The van der Waals surface area contributed by atoms with E-state index in [1.165, 1.54) is 12.8 Å². The number of nitrogen functional groups attached to an aromatic ring is 1. The Bertz CT molecular complexity index is 563. The second-order valence-corrected chi connectivity index (χ2v) is 5.80. The highest BCUT2D eigenvalue weighted by Gasteiger charge is 2.27. The minimum Gasteiger partial charge on any atom is -0.383 e. The lowest BCUT2D eigenvalue weighted by Crippen LogP contribution is -2.11. The number of rotatable bonds is 5. The number of thiazole rings is 1. The van der Waals surface area contributed by atoms with Gasteiger partial charge in [-0.2, -0.15) is 0 Å². The number of hydrogen-bond acceptors (Lipinski definition) is 6. The number of nitrogens with one attached hydrogen (secondary N) is 1. The van der Waals surface area contributed by atoms with Crippen molar-refractivity contribution >= 4 is 23.0 Å². The van der Waals surface area contributed by atoms with Gasteiger partial charge in [-0.25, -0.2) is 15.0 Å². The first-order chi connectivity index (χ1) is 9.24. The molecule has 19 heavy (non-hydrogen) atoms. The predicted octanol–water partition coefficient (Wildman–Crippen LogP) is 2.36. The van der Waals surface area contributed by atoms with Crippen molar-refractivity contribution in [1.29, 1.82) is 0 Å². The van der Waals surface area contributed by atoms with Gasteiger partial charge in [0, 0.05) is 36.0 Å². The van der Waals surface area contributed by atoms with E-state index in [2.05, 4.69) is 20.3 Å². The molecule has 2 heterocycles. The highest BCUT2D eigenvalue weighted by atomic mass is 32.1. The lowest BCUT2D eigenvalue weighted by Gasteiger charge is -2.11. The molecule has 0 unspecified atom stereocenters. The predicted molar refractivity (Wildman–Crippen MR) is 77.5 cm³/mol. The van der Waals surface area contributed by atoms with Crippen molar-refractivity contribution in [2.45, 2.75) is 32.1 Å². The molecule has 1 aliphatic carbocycles. The van der Waals surface area contributed by atoms with E-state index >= 15 is 0 Å². The van der Waals surface area contributed by atoms with Gasteiger partial charge >= 0.3 is 0 Å². The summed E-state index contributed by atoms with van der Waals surface area (Å²) in [6.07, 6.45) is 5.10. The van der Waals surface area contributed by atoms with Crippen LogP contribution in [0.4, 0.5) is 11.6 Å². The van der Waals surface area contributed by atoms with Gasteiger partial charge in [-0.15, -0.1) is 11.3 Å². The Morgan fingerprint density at radius 2 is 2.26 bits per heavy atom. The van der Waals surface area contributed by atoms with E-state index in [0.29, 0.717) is 11.7 Å². The molecule has 0 amide bonds. The minimum absolute atomic E-state index is 0.516. The van der Waals surface area contributed by atoms with E-state index in [9.17, 15) is 0 Å². The fraction of sp³-hybridized carbons (Fsp3) is 0.462. The Kier molecular flexibility index (Phi) is 3.33. The van der Waals surface area contributed by atoms with Gasteiger partial charge in [0.2, 0.25) is 0 Å². The molecule has 2 aromatic rings. The van der Waals surface area contributed by atoms with Gasteiger partial charge in [0.05, 0.1) is 5.01 Å². The molecular formula is C13H17N5S. The molecular weight excluding hydrogens is 258 g/mol. The number of aromatic nitrogens is 3. The molecule has 0 spiro atoms. The fourth-order valence-corrected chi connectivity index (χ4v) is 2.53. The van der Waals surface area contributed by atoms with Crippen LogP contribution in [0.25, 0.3) is 0 Å². The summed E-state index contributed by atoms with van der Waals surface area (Å²) >= 11 is 1.67. The monoisotopic (exact) mass is 275 g/mol. The molecule has 1 fully saturated rings. The van der Waals surface area contributed by atoms with Crippen molar-refractivity contribution in [3.63, 3.8) is 0 Å².